The van der Waals surface area contributed by atoms with E-state index in [-0.39, 0.29) is 0 Å². The van der Waals surface area contributed by atoms with Crippen LogP contribution in [0.2, 0.25) is 0 Å². The lowest BCUT2D eigenvalue weighted by atomic mass is 10.1. The minimum atomic E-state index is 0.390. The molecule has 2 aromatic carbocycles. The summed E-state index contributed by atoms with van der Waals surface area (Å²) in [5.41, 5.74) is 10.7. The van der Waals surface area contributed by atoms with E-state index in [4.69, 9.17) is 22.7 Å². The molecule has 4 heteroatoms. The van der Waals surface area contributed by atoms with E-state index in [9.17, 15) is 0 Å². The van der Waals surface area contributed by atoms with Crippen molar-refractivity contribution in [3.63, 3.8) is 0 Å². The molecular weight excluding hydrogens is 268 g/mol. The molecule has 0 radical (unpaired) electrons. The van der Waals surface area contributed by atoms with Gasteiger partial charge < -0.3 is 15.8 Å². The SMILES string of the molecule is COc1ccc(Nc2ccc(C)cc2C(N)=S)cc1C. The predicted octanol–water partition coefficient (Wildman–Crippen LogP) is 3.69. The Bertz CT molecular complexity index is 653. The van der Waals surface area contributed by atoms with E-state index in [0.717, 1.165) is 33.8 Å². The van der Waals surface area contributed by atoms with E-state index in [0.29, 0.717) is 4.99 Å². The second kappa shape index (κ2) is 5.92. The minimum absolute atomic E-state index is 0.390. The van der Waals surface area contributed by atoms with Crippen LogP contribution < -0.4 is 15.8 Å². The Morgan fingerprint density at radius 1 is 1.15 bits per heavy atom. The molecule has 0 aliphatic heterocycles. The van der Waals surface area contributed by atoms with Crippen molar-refractivity contribution in [2.75, 3.05) is 12.4 Å². The first-order chi connectivity index (χ1) is 9.51. The molecule has 0 aromatic heterocycles. The van der Waals surface area contributed by atoms with Crippen LogP contribution in [0.1, 0.15) is 16.7 Å². The second-order valence-electron chi connectivity index (χ2n) is 4.72. The highest BCUT2D eigenvalue weighted by atomic mass is 32.1. The summed E-state index contributed by atoms with van der Waals surface area (Å²) in [6.07, 6.45) is 0. The summed E-state index contributed by atoms with van der Waals surface area (Å²) in [5, 5.41) is 3.35. The number of nitrogens with one attached hydrogen (secondary N) is 1. The molecule has 3 nitrogen and oxygen atoms in total. The van der Waals surface area contributed by atoms with Crippen molar-refractivity contribution in [2.45, 2.75) is 13.8 Å². The zero-order valence-corrected chi connectivity index (χ0v) is 12.7. The fraction of sp³-hybridized carbons (Fsp3) is 0.188. The number of hydrogen-bond acceptors (Lipinski definition) is 3. The van der Waals surface area contributed by atoms with Crippen molar-refractivity contribution in [2.24, 2.45) is 5.73 Å². The molecule has 0 spiro atoms. The van der Waals surface area contributed by atoms with E-state index < -0.39 is 0 Å². The predicted molar refractivity (Wildman–Crippen MR) is 88.1 cm³/mol. The Labute approximate surface area is 124 Å². The number of anilines is 2. The first-order valence-corrected chi connectivity index (χ1v) is 6.74. The van der Waals surface area contributed by atoms with E-state index in [1.807, 2.05) is 50.2 Å². The van der Waals surface area contributed by atoms with Crippen LogP contribution in [0.5, 0.6) is 5.75 Å². The maximum absolute atomic E-state index is 5.78. The molecule has 20 heavy (non-hydrogen) atoms. The fourth-order valence-electron chi connectivity index (χ4n) is 2.08. The van der Waals surface area contributed by atoms with E-state index in [2.05, 4.69) is 5.32 Å². The number of hydrogen-bond donors (Lipinski definition) is 2. The molecule has 0 saturated carbocycles. The largest absolute Gasteiger partial charge is 0.496 e. The molecule has 0 aliphatic carbocycles. The van der Waals surface area contributed by atoms with Gasteiger partial charge >= 0.3 is 0 Å². The van der Waals surface area contributed by atoms with Crippen LogP contribution in [0.4, 0.5) is 11.4 Å². The van der Waals surface area contributed by atoms with E-state index in [1.165, 1.54) is 0 Å². The van der Waals surface area contributed by atoms with Crippen molar-refractivity contribution in [3.8, 4) is 5.75 Å². The average molecular weight is 286 g/mol. The van der Waals surface area contributed by atoms with Gasteiger partial charge in [0.2, 0.25) is 0 Å². The third-order valence-electron chi connectivity index (χ3n) is 3.11. The highest BCUT2D eigenvalue weighted by Gasteiger charge is 2.07. The van der Waals surface area contributed by atoms with Crippen LogP contribution in [0.15, 0.2) is 36.4 Å². The molecule has 3 N–H and O–H groups in total. The van der Waals surface area contributed by atoms with Crippen LogP contribution in [-0.4, -0.2) is 12.1 Å². The third-order valence-corrected chi connectivity index (χ3v) is 3.33. The Morgan fingerprint density at radius 2 is 1.90 bits per heavy atom. The molecule has 2 rings (SSSR count). The number of nitrogens with two attached hydrogens (primary N) is 1. The average Bonchev–Trinajstić information content (AvgIpc) is 2.41. The molecule has 0 bridgehead atoms. The molecule has 0 unspecified atom stereocenters. The van der Waals surface area contributed by atoms with Crippen LogP contribution in [-0.2, 0) is 0 Å². The number of rotatable bonds is 4. The van der Waals surface area contributed by atoms with Crippen LogP contribution >= 0.6 is 12.2 Å². The molecule has 0 fully saturated rings. The van der Waals surface area contributed by atoms with Gasteiger partial charge in [-0.25, -0.2) is 0 Å². The maximum Gasteiger partial charge on any atom is 0.121 e. The van der Waals surface area contributed by atoms with Gasteiger partial charge in [-0.2, -0.15) is 0 Å². The molecular formula is C16H18N2OS. The summed E-state index contributed by atoms with van der Waals surface area (Å²) < 4.78 is 5.26. The molecule has 2 aromatic rings. The molecule has 104 valence electrons. The zero-order valence-electron chi connectivity index (χ0n) is 11.9. The smallest absolute Gasteiger partial charge is 0.121 e. The van der Waals surface area contributed by atoms with E-state index in [1.54, 1.807) is 7.11 Å². The molecule has 0 atom stereocenters. The monoisotopic (exact) mass is 286 g/mol. The lowest BCUT2D eigenvalue weighted by molar-refractivity contribution is 0.412. The molecule has 0 aliphatic rings. The van der Waals surface area contributed by atoms with Gasteiger partial charge in [0.1, 0.15) is 10.7 Å². The minimum Gasteiger partial charge on any atom is -0.496 e. The summed E-state index contributed by atoms with van der Waals surface area (Å²) in [4.78, 5) is 0.390. The third kappa shape index (κ3) is 3.08. The standard InChI is InChI=1S/C16H18N2OS/c1-10-4-6-14(13(8-10)16(17)20)18-12-5-7-15(19-3)11(2)9-12/h4-9,18H,1-3H3,(H2,17,20). The Morgan fingerprint density at radius 3 is 2.50 bits per heavy atom. The number of thiocarbonyl (C=S) groups is 1. The molecule has 0 heterocycles. The summed E-state index contributed by atoms with van der Waals surface area (Å²) in [6.45, 7) is 4.02. The number of aryl methyl sites for hydroxylation is 2. The quantitative estimate of drug-likeness (QED) is 0.842. The van der Waals surface area contributed by atoms with Crippen molar-refractivity contribution < 1.29 is 4.74 Å². The van der Waals surface area contributed by atoms with Crippen molar-refractivity contribution in [3.05, 3.63) is 53.1 Å². The van der Waals surface area contributed by atoms with E-state index >= 15 is 0 Å². The fourth-order valence-corrected chi connectivity index (χ4v) is 2.25. The van der Waals surface area contributed by atoms with Gasteiger partial charge in [0, 0.05) is 16.9 Å². The maximum atomic E-state index is 5.78. The Balaban J connectivity index is 2.35. The Hall–Kier alpha value is -2.07. The Kier molecular flexibility index (Phi) is 4.25. The van der Waals surface area contributed by atoms with Gasteiger partial charge in [0.25, 0.3) is 0 Å². The normalized spacial score (nSPS) is 10.2. The van der Waals surface area contributed by atoms with Gasteiger partial charge in [0.15, 0.2) is 0 Å². The first kappa shape index (κ1) is 14.3. The summed E-state index contributed by atoms with van der Waals surface area (Å²) >= 11 is 5.11. The van der Waals surface area contributed by atoms with Crippen molar-refractivity contribution in [1.29, 1.82) is 0 Å². The number of benzene rings is 2. The van der Waals surface area contributed by atoms with Crippen molar-refractivity contribution >= 4 is 28.6 Å². The molecule has 0 saturated heterocycles. The van der Waals surface area contributed by atoms with Gasteiger partial charge in [-0.3, -0.25) is 0 Å². The highest BCUT2D eigenvalue weighted by Crippen LogP contribution is 2.26. The van der Waals surface area contributed by atoms with Gasteiger partial charge in [-0.1, -0.05) is 23.8 Å². The van der Waals surface area contributed by atoms with Gasteiger partial charge in [-0.15, -0.1) is 0 Å². The summed E-state index contributed by atoms with van der Waals surface area (Å²) in [7, 11) is 1.67. The van der Waals surface area contributed by atoms with Gasteiger partial charge in [0.05, 0.1) is 7.11 Å². The number of methoxy groups -OCH3 is 1. The van der Waals surface area contributed by atoms with Crippen molar-refractivity contribution in [1.82, 2.24) is 0 Å². The van der Waals surface area contributed by atoms with Crippen LogP contribution in [0.25, 0.3) is 0 Å². The summed E-state index contributed by atoms with van der Waals surface area (Å²) in [6, 6.07) is 11.9. The molecule has 0 amide bonds. The van der Waals surface area contributed by atoms with Crippen LogP contribution in [0, 0.1) is 13.8 Å². The van der Waals surface area contributed by atoms with Gasteiger partial charge in [-0.05, 0) is 49.7 Å². The topological polar surface area (TPSA) is 47.3 Å². The summed E-state index contributed by atoms with van der Waals surface area (Å²) in [5.74, 6) is 0.869. The highest BCUT2D eigenvalue weighted by molar-refractivity contribution is 7.80. The number of ether oxygens (including phenoxy) is 1. The lowest BCUT2D eigenvalue weighted by Crippen LogP contribution is -2.12. The van der Waals surface area contributed by atoms with Crippen LogP contribution in [0.3, 0.4) is 0 Å². The second-order valence-corrected chi connectivity index (χ2v) is 5.16. The zero-order chi connectivity index (χ0) is 14.7. The lowest BCUT2D eigenvalue weighted by Gasteiger charge is -2.13. The first-order valence-electron chi connectivity index (χ1n) is 6.33.